The van der Waals surface area contributed by atoms with Gasteiger partial charge >= 0.3 is 0 Å². The average molecular weight is 743 g/mol. The first-order valence-corrected chi connectivity index (χ1v) is 20.3. The Balaban J connectivity index is 1.14. The van der Waals surface area contributed by atoms with Gasteiger partial charge in [-0.05, 0) is 98.7 Å². The third-order valence-corrected chi connectivity index (χ3v) is 12.8. The topological polar surface area (TPSA) is 8.17 Å². The van der Waals surface area contributed by atoms with Crippen LogP contribution in [0, 0.1) is 0 Å². The van der Waals surface area contributed by atoms with E-state index in [0.717, 1.165) is 17.1 Å². The molecule has 12 rings (SSSR count). The largest absolute Gasteiger partial charge is 0.310 e. The normalized spacial score (nSPS) is 11.9. The summed E-state index contributed by atoms with van der Waals surface area (Å²) >= 11 is 1.88. The fraction of sp³-hybridized carbons (Fsp3) is 0. The van der Waals surface area contributed by atoms with E-state index in [-0.39, 0.29) is 0 Å². The number of hydrogen-bond acceptors (Lipinski definition) is 2. The van der Waals surface area contributed by atoms with E-state index >= 15 is 0 Å². The molecule has 12 aromatic rings. The minimum Gasteiger partial charge on any atom is -0.310 e. The average Bonchev–Trinajstić information content (AvgIpc) is 3.82. The van der Waals surface area contributed by atoms with E-state index in [1.165, 1.54) is 91.1 Å². The third kappa shape index (κ3) is 5.03. The molecule has 2 nitrogen and oxygen atoms in total. The zero-order valence-corrected chi connectivity index (χ0v) is 31.7. The molecule has 2 aromatic heterocycles. The van der Waals surface area contributed by atoms with Gasteiger partial charge in [0, 0.05) is 53.4 Å². The van der Waals surface area contributed by atoms with Gasteiger partial charge in [0.1, 0.15) is 0 Å². The Morgan fingerprint density at radius 3 is 1.75 bits per heavy atom. The number of thiophene rings is 1. The van der Waals surface area contributed by atoms with Gasteiger partial charge < -0.3 is 9.47 Å². The Bertz CT molecular complexity index is 3530. The second kappa shape index (κ2) is 12.7. The Labute approximate surface area is 333 Å². The van der Waals surface area contributed by atoms with Gasteiger partial charge in [0.25, 0.3) is 0 Å². The van der Waals surface area contributed by atoms with Gasteiger partial charge in [-0.2, -0.15) is 0 Å². The molecule has 0 atom stereocenters. The summed E-state index contributed by atoms with van der Waals surface area (Å²) in [6.45, 7) is 0. The molecule has 0 saturated carbocycles. The van der Waals surface area contributed by atoms with Gasteiger partial charge in [-0.25, -0.2) is 0 Å². The van der Waals surface area contributed by atoms with Crippen LogP contribution in [0.2, 0.25) is 0 Å². The predicted octanol–water partition coefficient (Wildman–Crippen LogP) is 15.7. The first-order chi connectivity index (χ1) is 28.3. The molecule has 0 aliphatic rings. The number of hydrogen-bond donors (Lipinski definition) is 0. The molecule has 0 N–H and O–H groups in total. The Morgan fingerprint density at radius 2 is 0.930 bits per heavy atom. The SMILES string of the molecule is c1ccc(-c2cccc(N(c3ccc4c(c3)sc3ccc5ccccc5c34)c3ccc4c(c3)c3c5ccccc5ccc3n4-c3cccc4ccccc34)c2)cc1. The number of nitrogens with zero attached hydrogens (tertiary/aromatic N) is 2. The number of benzene rings is 10. The van der Waals surface area contributed by atoms with Gasteiger partial charge in [-0.15, -0.1) is 11.3 Å². The van der Waals surface area contributed by atoms with Crippen LogP contribution in [0.4, 0.5) is 17.1 Å². The zero-order valence-electron chi connectivity index (χ0n) is 30.9. The maximum absolute atomic E-state index is 2.47. The molecule has 0 aliphatic carbocycles. The monoisotopic (exact) mass is 742 g/mol. The van der Waals surface area contributed by atoms with Crippen LogP contribution in [0.3, 0.4) is 0 Å². The predicted molar refractivity (Wildman–Crippen MR) is 246 cm³/mol. The summed E-state index contributed by atoms with van der Waals surface area (Å²) in [4.78, 5) is 2.44. The van der Waals surface area contributed by atoms with Crippen LogP contribution in [0.5, 0.6) is 0 Å². The molecule has 57 heavy (non-hydrogen) atoms. The highest BCUT2D eigenvalue weighted by atomic mass is 32.1. The van der Waals surface area contributed by atoms with Crippen LogP contribution in [0.25, 0.3) is 91.1 Å². The Kier molecular flexibility index (Phi) is 7.13. The van der Waals surface area contributed by atoms with Crippen molar-refractivity contribution in [3.63, 3.8) is 0 Å². The lowest BCUT2D eigenvalue weighted by Crippen LogP contribution is -2.10. The van der Waals surface area contributed by atoms with Crippen LogP contribution >= 0.6 is 11.3 Å². The molecule has 0 bridgehead atoms. The van der Waals surface area contributed by atoms with Crippen molar-refractivity contribution in [2.45, 2.75) is 0 Å². The number of anilines is 3. The maximum Gasteiger partial charge on any atom is 0.0547 e. The molecular weight excluding hydrogens is 709 g/mol. The van der Waals surface area contributed by atoms with Crippen molar-refractivity contribution < 1.29 is 0 Å². The van der Waals surface area contributed by atoms with E-state index in [1.807, 2.05) is 11.3 Å². The summed E-state index contributed by atoms with van der Waals surface area (Å²) in [6, 6.07) is 75.8. The fourth-order valence-corrected chi connectivity index (χ4v) is 10.3. The van der Waals surface area contributed by atoms with Crippen LogP contribution in [-0.2, 0) is 0 Å². The smallest absolute Gasteiger partial charge is 0.0547 e. The van der Waals surface area contributed by atoms with Crippen LogP contribution in [0.1, 0.15) is 0 Å². The second-order valence-electron chi connectivity index (χ2n) is 14.9. The minimum absolute atomic E-state index is 1.11. The van der Waals surface area contributed by atoms with Crippen LogP contribution in [-0.4, -0.2) is 4.57 Å². The molecule has 3 heteroatoms. The van der Waals surface area contributed by atoms with Crippen molar-refractivity contribution in [3.05, 3.63) is 206 Å². The highest BCUT2D eigenvalue weighted by molar-refractivity contribution is 7.26. The molecule has 0 amide bonds. The summed E-state index contributed by atoms with van der Waals surface area (Å²) in [7, 11) is 0. The van der Waals surface area contributed by atoms with Crippen LogP contribution in [0.15, 0.2) is 206 Å². The number of rotatable bonds is 5. The van der Waals surface area contributed by atoms with E-state index < -0.39 is 0 Å². The Morgan fingerprint density at radius 1 is 0.333 bits per heavy atom. The van der Waals surface area contributed by atoms with Gasteiger partial charge in [0.05, 0.1) is 16.7 Å². The van der Waals surface area contributed by atoms with Crippen molar-refractivity contribution >= 4 is 103 Å². The van der Waals surface area contributed by atoms with E-state index in [0.29, 0.717) is 0 Å². The quantitative estimate of drug-likeness (QED) is 0.170. The van der Waals surface area contributed by atoms with Crippen molar-refractivity contribution in [2.24, 2.45) is 0 Å². The van der Waals surface area contributed by atoms with E-state index in [2.05, 4.69) is 216 Å². The van der Waals surface area contributed by atoms with Crippen LogP contribution < -0.4 is 4.90 Å². The summed E-state index contributed by atoms with van der Waals surface area (Å²) < 4.78 is 5.06. The maximum atomic E-state index is 2.47. The Hall–Kier alpha value is -7.20. The lowest BCUT2D eigenvalue weighted by Gasteiger charge is -2.26. The van der Waals surface area contributed by atoms with Crippen molar-refractivity contribution in [3.8, 4) is 16.8 Å². The first-order valence-electron chi connectivity index (χ1n) is 19.5. The summed E-state index contributed by atoms with van der Waals surface area (Å²) in [6.07, 6.45) is 0. The lowest BCUT2D eigenvalue weighted by molar-refractivity contribution is 1.20. The third-order valence-electron chi connectivity index (χ3n) is 11.7. The highest BCUT2D eigenvalue weighted by Gasteiger charge is 2.21. The summed E-state index contributed by atoms with van der Waals surface area (Å²) in [5.41, 5.74) is 9.32. The fourth-order valence-electron chi connectivity index (χ4n) is 9.16. The summed E-state index contributed by atoms with van der Waals surface area (Å²) in [5.74, 6) is 0. The van der Waals surface area contributed by atoms with E-state index in [9.17, 15) is 0 Å². The molecule has 10 aromatic carbocycles. The minimum atomic E-state index is 1.11. The number of aromatic nitrogens is 1. The molecule has 0 spiro atoms. The van der Waals surface area contributed by atoms with Crippen molar-refractivity contribution in [1.29, 1.82) is 0 Å². The van der Waals surface area contributed by atoms with E-state index in [1.54, 1.807) is 0 Å². The van der Waals surface area contributed by atoms with Gasteiger partial charge in [0.2, 0.25) is 0 Å². The van der Waals surface area contributed by atoms with Gasteiger partial charge in [0.15, 0.2) is 0 Å². The molecule has 0 radical (unpaired) electrons. The van der Waals surface area contributed by atoms with Crippen molar-refractivity contribution in [2.75, 3.05) is 4.90 Å². The molecule has 0 fully saturated rings. The molecule has 266 valence electrons. The first kappa shape index (κ1) is 32.1. The molecule has 0 unspecified atom stereocenters. The van der Waals surface area contributed by atoms with Gasteiger partial charge in [-0.3, -0.25) is 0 Å². The standard InChI is InChI=1S/C54H34N2S/c1-2-12-35(13-3-1)39-18-10-19-40(32-39)55(42-26-28-46-52(34-42)57-51-31-25-38-16-6-9-22-45(38)54(46)51)41-27-30-49-47(33-41)53-44-21-8-5-15-37(44)24-29-50(53)56(49)48-23-11-17-36-14-4-7-20-43(36)48/h1-34H. The van der Waals surface area contributed by atoms with E-state index in [4.69, 9.17) is 0 Å². The highest BCUT2D eigenvalue weighted by Crippen LogP contribution is 2.46. The molecule has 2 heterocycles. The van der Waals surface area contributed by atoms with Crippen molar-refractivity contribution in [1.82, 2.24) is 4.57 Å². The molecule has 0 aliphatic heterocycles. The second-order valence-corrected chi connectivity index (χ2v) is 16.0. The lowest BCUT2D eigenvalue weighted by atomic mass is 10.0. The van der Waals surface area contributed by atoms with Gasteiger partial charge in [-0.1, -0.05) is 146 Å². The molecule has 0 saturated heterocycles. The summed E-state index contributed by atoms with van der Waals surface area (Å²) in [5, 5.41) is 12.7. The molecular formula is C54H34N2S. The zero-order chi connectivity index (χ0) is 37.5. The number of fused-ring (bicyclic) bond motifs is 11.